The molecule has 2 rings (SSSR count). The Kier molecular flexibility index (Phi) is 5.61. The van der Waals surface area contributed by atoms with Gasteiger partial charge < -0.3 is 14.8 Å². The molecule has 0 saturated carbocycles. The van der Waals surface area contributed by atoms with Crippen LogP contribution in [0.25, 0.3) is 0 Å². The number of nitriles is 1. The third-order valence-corrected chi connectivity index (χ3v) is 3.50. The Morgan fingerprint density at radius 2 is 1.95 bits per heavy atom. The molecule has 0 spiro atoms. The van der Waals surface area contributed by atoms with Gasteiger partial charge in [0.15, 0.2) is 18.1 Å². The number of amides is 1. The highest BCUT2D eigenvalue weighted by Crippen LogP contribution is 2.27. The van der Waals surface area contributed by atoms with E-state index >= 15 is 0 Å². The second kappa shape index (κ2) is 7.66. The number of ether oxygens (including phenoxy) is 2. The fourth-order valence-electron chi connectivity index (χ4n) is 1.73. The lowest BCUT2D eigenvalue weighted by molar-refractivity contribution is -0.118. The van der Waals surface area contributed by atoms with E-state index in [1.807, 2.05) is 30.3 Å². The fraction of sp³-hybridized carbons (Fsp3) is 0.125. The van der Waals surface area contributed by atoms with Gasteiger partial charge in [0.25, 0.3) is 5.91 Å². The zero-order valence-corrected chi connectivity index (χ0v) is 14.0. The summed E-state index contributed by atoms with van der Waals surface area (Å²) < 4.78 is 11.7. The van der Waals surface area contributed by atoms with E-state index in [2.05, 4.69) is 27.9 Å². The molecule has 0 saturated heterocycles. The number of methoxy groups -OCH3 is 1. The Balaban J connectivity index is 1.96. The number of benzene rings is 2. The highest BCUT2D eigenvalue weighted by Gasteiger charge is 2.09. The van der Waals surface area contributed by atoms with Crippen molar-refractivity contribution in [2.45, 2.75) is 0 Å². The number of hydrogen-bond acceptors (Lipinski definition) is 4. The van der Waals surface area contributed by atoms with Gasteiger partial charge in [0.1, 0.15) is 0 Å². The number of halogens is 1. The van der Waals surface area contributed by atoms with E-state index < -0.39 is 0 Å². The van der Waals surface area contributed by atoms with Gasteiger partial charge in [0, 0.05) is 15.3 Å². The highest BCUT2D eigenvalue weighted by molar-refractivity contribution is 14.1. The average Bonchev–Trinajstić information content (AvgIpc) is 2.55. The summed E-state index contributed by atoms with van der Waals surface area (Å²) in [4.78, 5) is 11.9. The summed E-state index contributed by atoms with van der Waals surface area (Å²) in [6.45, 7) is -0.145. The molecule has 2 aromatic carbocycles. The minimum absolute atomic E-state index is 0.145. The molecule has 0 aromatic heterocycles. The molecule has 6 heteroatoms. The van der Waals surface area contributed by atoms with E-state index in [0.717, 1.165) is 3.57 Å². The zero-order valence-electron chi connectivity index (χ0n) is 11.8. The van der Waals surface area contributed by atoms with Crippen LogP contribution in [0, 0.1) is 14.9 Å². The number of nitrogens with zero attached hydrogens (tertiary/aromatic N) is 1. The molecule has 0 fully saturated rings. The number of carbonyl (C=O) groups is 1. The molecule has 2 aromatic rings. The molecular formula is C16H13IN2O3. The predicted molar refractivity (Wildman–Crippen MR) is 91.0 cm³/mol. The SMILES string of the molecule is COc1cc(C#N)ccc1OCC(=O)Nc1ccc(I)cc1. The van der Waals surface area contributed by atoms with E-state index in [1.54, 1.807) is 18.2 Å². The van der Waals surface area contributed by atoms with Gasteiger partial charge in [-0.25, -0.2) is 0 Å². The monoisotopic (exact) mass is 408 g/mol. The molecule has 0 unspecified atom stereocenters. The molecular weight excluding hydrogens is 395 g/mol. The topological polar surface area (TPSA) is 71.3 Å². The maximum atomic E-state index is 11.9. The van der Waals surface area contributed by atoms with Crippen molar-refractivity contribution >= 4 is 34.2 Å². The Labute approximate surface area is 142 Å². The van der Waals surface area contributed by atoms with Crippen LogP contribution >= 0.6 is 22.6 Å². The highest BCUT2D eigenvalue weighted by atomic mass is 127. The molecule has 0 aliphatic rings. The van der Waals surface area contributed by atoms with Crippen molar-refractivity contribution in [3.8, 4) is 17.6 Å². The van der Waals surface area contributed by atoms with Crippen molar-refractivity contribution < 1.29 is 14.3 Å². The maximum absolute atomic E-state index is 11.9. The van der Waals surface area contributed by atoms with Crippen LogP contribution in [-0.2, 0) is 4.79 Å². The Morgan fingerprint density at radius 1 is 1.23 bits per heavy atom. The van der Waals surface area contributed by atoms with Gasteiger partial charge in [-0.15, -0.1) is 0 Å². The van der Waals surface area contributed by atoms with Gasteiger partial charge in [-0.3, -0.25) is 4.79 Å². The molecule has 5 nitrogen and oxygen atoms in total. The third-order valence-electron chi connectivity index (χ3n) is 2.78. The number of anilines is 1. The number of carbonyl (C=O) groups excluding carboxylic acids is 1. The smallest absolute Gasteiger partial charge is 0.262 e. The van der Waals surface area contributed by atoms with Crippen LogP contribution in [0.1, 0.15) is 5.56 Å². The largest absolute Gasteiger partial charge is 0.493 e. The first-order chi connectivity index (χ1) is 10.6. The van der Waals surface area contributed by atoms with Crippen LogP contribution in [0.2, 0.25) is 0 Å². The van der Waals surface area contributed by atoms with E-state index in [1.165, 1.54) is 7.11 Å². The standard InChI is InChI=1S/C16H13IN2O3/c1-21-15-8-11(9-18)2-7-14(15)22-10-16(20)19-13-5-3-12(17)4-6-13/h2-8H,10H2,1H3,(H,19,20). The number of nitrogens with one attached hydrogen (secondary N) is 1. The molecule has 22 heavy (non-hydrogen) atoms. The quantitative estimate of drug-likeness (QED) is 0.772. The first kappa shape index (κ1) is 16.1. The Hall–Kier alpha value is -2.27. The summed E-state index contributed by atoms with van der Waals surface area (Å²) in [7, 11) is 1.48. The second-order valence-electron chi connectivity index (χ2n) is 4.32. The molecule has 1 amide bonds. The minimum atomic E-state index is -0.271. The van der Waals surface area contributed by atoms with Crippen molar-refractivity contribution in [1.82, 2.24) is 0 Å². The number of hydrogen-bond donors (Lipinski definition) is 1. The maximum Gasteiger partial charge on any atom is 0.262 e. The summed E-state index contributed by atoms with van der Waals surface area (Å²) in [6, 6.07) is 14.2. The first-order valence-electron chi connectivity index (χ1n) is 6.38. The molecule has 0 radical (unpaired) electrons. The second-order valence-corrected chi connectivity index (χ2v) is 5.57. The van der Waals surface area contributed by atoms with Gasteiger partial charge in [0.05, 0.1) is 18.7 Å². The lowest BCUT2D eigenvalue weighted by Crippen LogP contribution is -2.20. The normalized spacial score (nSPS) is 9.68. The van der Waals surface area contributed by atoms with Gasteiger partial charge in [0.2, 0.25) is 0 Å². The predicted octanol–water partition coefficient (Wildman–Crippen LogP) is 3.19. The van der Waals surface area contributed by atoms with Crippen LogP contribution < -0.4 is 14.8 Å². The van der Waals surface area contributed by atoms with Gasteiger partial charge in [-0.05, 0) is 59.0 Å². The first-order valence-corrected chi connectivity index (χ1v) is 7.46. The Bertz CT molecular complexity index is 708. The van der Waals surface area contributed by atoms with E-state index in [4.69, 9.17) is 14.7 Å². The summed E-state index contributed by atoms with van der Waals surface area (Å²) in [5.74, 6) is 0.563. The van der Waals surface area contributed by atoms with Crippen LogP contribution in [-0.4, -0.2) is 19.6 Å². The molecule has 0 aliphatic carbocycles. The lowest BCUT2D eigenvalue weighted by Gasteiger charge is -2.11. The summed E-state index contributed by atoms with van der Waals surface area (Å²) in [6.07, 6.45) is 0. The molecule has 1 N–H and O–H groups in total. The van der Waals surface area contributed by atoms with E-state index in [9.17, 15) is 4.79 Å². The van der Waals surface area contributed by atoms with Crippen molar-refractivity contribution in [3.05, 3.63) is 51.6 Å². The zero-order chi connectivity index (χ0) is 15.9. The van der Waals surface area contributed by atoms with E-state index in [0.29, 0.717) is 22.7 Å². The van der Waals surface area contributed by atoms with Crippen LogP contribution in [0.3, 0.4) is 0 Å². The van der Waals surface area contributed by atoms with Crippen molar-refractivity contribution in [3.63, 3.8) is 0 Å². The lowest BCUT2D eigenvalue weighted by atomic mass is 10.2. The van der Waals surface area contributed by atoms with Crippen molar-refractivity contribution in [2.75, 3.05) is 19.0 Å². The van der Waals surface area contributed by atoms with Crippen molar-refractivity contribution in [1.29, 1.82) is 5.26 Å². The number of rotatable bonds is 5. The molecule has 0 heterocycles. The molecule has 0 aliphatic heterocycles. The summed E-state index contributed by atoms with van der Waals surface area (Å²) >= 11 is 2.19. The van der Waals surface area contributed by atoms with Crippen LogP contribution in [0.4, 0.5) is 5.69 Å². The average molecular weight is 408 g/mol. The third kappa shape index (κ3) is 4.36. The summed E-state index contributed by atoms with van der Waals surface area (Å²) in [5, 5.41) is 11.6. The molecule has 0 bridgehead atoms. The van der Waals surface area contributed by atoms with Crippen LogP contribution in [0.5, 0.6) is 11.5 Å². The van der Waals surface area contributed by atoms with Gasteiger partial charge in [-0.2, -0.15) is 5.26 Å². The Morgan fingerprint density at radius 3 is 2.59 bits per heavy atom. The van der Waals surface area contributed by atoms with E-state index in [-0.39, 0.29) is 12.5 Å². The van der Waals surface area contributed by atoms with Gasteiger partial charge >= 0.3 is 0 Å². The summed E-state index contributed by atoms with van der Waals surface area (Å²) in [5.41, 5.74) is 1.17. The molecule has 112 valence electrons. The fourth-order valence-corrected chi connectivity index (χ4v) is 2.09. The van der Waals surface area contributed by atoms with Crippen molar-refractivity contribution in [2.24, 2.45) is 0 Å². The van der Waals surface area contributed by atoms with Gasteiger partial charge in [-0.1, -0.05) is 0 Å². The molecule has 0 atom stereocenters. The van der Waals surface area contributed by atoms with Crippen LogP contribution in [0.15, 0.2) is 42.5 Å². The minimum Gasteiger partial charge on any atom is -0.493 e.